The summed E-state index contributed by atoms with van der Waals surface area (Å²) in [6, 6.07) is -0.707. The van der Waals surface area contributed by atoms with Crippen LogP contribution in [-0.2, 0) is 25.7 Å². The molecule has 14 nitrogen and oxygen atoms in total. The van der Waals surface area contributed by atoms with E-state index in [2.05, 4.69) is 31.5 Å². The largest absolute Gasteiger partial charge is 0.477 e. The molecule has 4 saturated heterocycles. The fourth-order valence-electron chi connectivity index (χ4n) is 6.50. The Morgan fingerprint density at radius 2 is 2.08 bits per heavy atom. The monoisotopic (exact) mass is 545 g/mol. The maximum atomic E-state index is 13.1. The molecular formula is C23H31N9O5S. The Hall–Kier alpha value is -3.04. The summed E-state index contributed by atoms with van der Waals surface area (Å²) < 4.78 is 1.28. The average Bonchev–Trinajstić information content (AvgIpc) is 3.62. The molecule has 1 aromatic rings. The van der Waals surface area contributed by atoms with E-state index in [4.69, 9.17) is 0 Å². The van der Waals surface area contributed by atoms with Crippen LogP contribution in [0.3, 0.4) is 0 Å². The van der Waals surface area contributed by atoms with Gasteiger partial charge >= 0.3 is 5.97 Å². The van der Waals surface area contributed by atoms with Gasteiger partial charge in [-0.3, -0.25) is 14.4 Å². The molecule has 6 heterocycles. The highest BCUT2D eigenvalue weighted by atomic mass is 32.2. The van der Waals surface area contributed by atoms with E-state index in [1.165, 1.54) is 27.7 Å². The average molecular weight is 546 g/mol. The normalized spacial score (nSPS) is 34.5. The molecule has 5 aliphatic heterocycles. The van der Waals surface area contributed by atoms with Crippen LogP contribution in [0, 0.1) is 17.8 Å². The Kier molecular flexibility index (Phi) is 6.39. The number of nitrogens with zero attached hydrogens (tertiary/aromatic N) is 6. The molecule has 3 amide bonds. The van der Waals surface area contributed by atoms with Crippen LogP contribution >= 0.6 is 11.8 Å². The SMILES string of the molecule is C[C@@H](NC(=O)Cn1cnnn1)[C@H]1C(=O)N2C(C(=O)O)=C(S[C@@H]3CN[C@H](C(=O)N4CC5CNC5C4)C3)[C@H](C)[C@H]12. The second-order valence-electron chi connectivity index (χ2n) is 10.8. The number of tetrazole rings is 1. The predicted octanol–water partition coefficient (Wildman–Crippen LogP) is -2.16. The van der Waals surface area contributed by atoms with Gasteiger partial charge < -0.3 is 30.9 Å². The van der Waals surface area contributed by atoms with Crippen molar-refractivity contribution in [3.63, 3.8) is 0 Å². The number of carboxylic acid groups (broad SMARTS) is 1. The lowest BCUT2D eigenvalue weighted by atomic mass is 9.78. The minimum atomic E-state index is -1.14. The quantitative estimate of drug-likeness (QED) is 0.262. The third-order valence-electron chi connectivity index (χ3n) is 8.49. The minimum Gasteiger partial charge on any atom is -0.477 e. The summed E-state index contributed by atoms with van der Waals surface area (Å²) in [5.74, 6) is -1.86. The molecule has 0 aliphatic carbocycles. The van der Waals surface area contributed by atoms with Crippen LogP contribution in [-0.4, -0.2) is 114 Å². The molecule has 15 heteroatoms. The van der Waals surface area contributed by atoms with Crippen LogP contribution in [0.5, 0.6) is 0 Å². The Labute approximate surface area is 222 Å². The maximum Gasteiger partial charge on any atom is 0.353 e. The highest BCUT2D eigenvalue weighted by molar-refractivity contribution is 8.03. The fraction of sp³-hybridized carbons (Fsp3) is 0.696. The maximum absolute atomic E-state index is 13.1. The van der Waals surface area contributed by atoms with Crippen molar-refractivity contribution in [3.05, 3.63) is 16.9 Å². The van der Waals surface area contributed by atoms with Crippen LogP contribution in [0.1, 0.15) is 20.3 Å². The van der Waals surface area contributed by atoms with Gasteiger partial charge in [-0.2, -0.15) is 0 Å². The number of hydrogen-bond acceptors (Lipinski definition) is 10. The highest BCUT2D eigenvalue weighted by Gasteiger charge is 2.60. The number of aliphatic carboxylic acids is 1. The van der Waals surface area contributed by atoms with Gasteiger partial charge in [0.15, 0.2) is 0 Å². The van der Waals surface area contributed by atoms with E-state index in [0.29, 0.717) is 29.8 Å². The number of thioether (sulfide) groups is 1. The molecule has 204 valence electrons. The van der Waals surface area contributed by atoms with Crippen molar-refractivity contribution in [2.45, 2.75) is 56.2 Å². The van der Waals surface area contributed by atoms with Gasteiger partial charge in [-0.15, -0.1) is 16.9 Å². The zero-order valence-corrected chi connectivity index (χ0v) is 21.9. The second kappa shape index (κ2) is 9.61. The van der Waals surface area contributed by atoms with Crippen LogP contribution in [0.4, 0.5) is 0 Å². The smallest absolute Gasteiger partial charge is 0.353 e. The lowest BCUT2D eigenvalue weighted by Gasteiger charge is -2.47. The van der Waals surface area contributed by atoms with E-state index in [0.717, 1.165) is 19.6 Å². The number of carbonyl (C=O) groups excluding carboxylic acids is 3. The first-order chi connectivity index (χ1) is 18.2. The van der Waals surface area contributed by atoms with Crippen molar-refractivity contribution in [1.29, 1.82) is 0 Å². The molecule has 0 saturated carbocycles. The molecule has 8 atom stereocenters. The summed E-state index contributed by atoms with van der Waals surface area (Å²) in [6.07, 6.45) is 1.94. The van der Waals surface area contributed by atoms with Gasteiger partial charge in [0.2, 0.25) is 17.7 Å². The van der Waals surface area contributed by atoms with Crippen LogP contribution in [0.2, 0.25) is 0 Å². The number of carboxylic acids is 1. The molecule has 2 unspecified atom stereocenters. The Morgan fingerprint density at radius 3 is 2.71 bits per heavy atom. The first kappa shape index (κ1) is 25.2. The number of nitrogens with one attached hydrogen (secondary N) is 3. The standard InChI is InChI=1S/C23H31N9O5S/c1-10-18-17(11(2)27-16(33)8-31-9-26-28-29-31)22(35)32(18)19(23(36)37)20(10)38-13-3-14(25-5-13)21(34)30-6-12-4-24-15(12)7-30/h9-15,17-18,24-25H,3-8H2,1-2H3,(H,27,33)(H,36,37)/t10-,11-,12?,13+,14+,15?,17-,18-/m1/s1. The number of fused-ring (bicyclic) bond motifs is 2. The molecule has 0 bridgehead atoms. The first-order valence-corrected chi connectivity index (χ1v) is 13.8. The zero-order chi connectivity index (χ0) is 26.7. The second-order valence-corrected chi connectivity index (χ2v) is 12.2. The first-order valence-electron chi connectivity index (χ1n) is 13.0. The lowest BCUT2D eigenvalue weighted by Crippen LogP contribution is -2.66. The number of aromatic nitrogens is 4. The van der Waals surface area contributed by atoms with Gasteiger partial charge in [-0.1, -0.05) is 6.92 Å². The number of carbonyl (C=O) groups is 4. The number of β-lactam (4-membered cyclic amide) rings is 1. The number of rotatable bonds is 8. The number of amides is 3. The molecule has 38 heavy (non-hydrogen) atoms. The van der Waals surface area contributed by atoms with Gasteiger partial charge in [0.05, 0.1) is 18.0 Å². The van der Waals surface area contributed by atoms with Crippen molar-refractivity contribution < 1.29 is 24.3 Å². The van der Waals surface area contributed by atoms with E-state index < -0.39 is 17.9 Å². The number of hydrogen-bond donors (Lipinski definition) is 4. The molecule has 4 N–H and O–H groups in total. The topological polar surface area (TPSA) is 175 Å². The molecule has 6 rings (SSSR count). The zero-order valence-electron chi connectivity index (χ0n) is 21.1. The van der Waals surface area contributed by atoms with Gasteiger partial charge in [-0.25, -0.2) is 9.48 Å². The highest BCUT2D eigenvalue weighted by Crippen LogP contribution is 2.51. The van der Waals surface area contributed by atoms with Crippen LogP contribution < -0.4 is 16.0 Å². The van der Waals surface area contributed by atoms with E-state index >= 15 is 0 Å². The summed E-state index contributed by atoms with van der Waals surface area (Å²) in [7, 11) is 0. The molecule has 4 fully saturated rings. The molecule has 0 radical (unpaired) electrons. The summed E-state index contributed by atoms with van der Waals surface area (Å²) in [5.41, 5.74) is 0.0259. The van der Waals surface area contributed by atoms with Gasteiger partial charge in [0.1, 0.15) is 18.6 Å². The third-order valence-corrected chi connectivity index (χ3v) is 10.0. The summed E-state index contributed by atoms with van der Waals surface area (Å²) >= 11 is 1.46. The Bertz CT molecular complexity index is 1180. The van der Waals surface area contributed by atoms with Crippen LogP contribution in [0.25, 0.3) is 0 Å². The fourth-order valence-corrected chi connectivity index (χ4v) is 7.98. The molecule has 5 aliphatic rings. The van der Waals surface area contributed by atoms with Crippen molar-refractivity contribution in [2.24, 2.45) is 17.8 Å². The summed E-state index contributed by atoms with van der Waals surface area (Å²) in [4.78, 5) is 54.9. The number of likely N-dealkylation sites (tertiary alicyclic amines) is 1. The summed E-state index contributed by atoms with van der Waals surface area (Å²) in [6.45, 7) is 6.71. The molecule has 0 aromatic carbocycles. The Balaban J connectivity index is 1.10. The summed E-state index contributed by atoms with van der Waals surface area (Å²) in [5, 5.41) is 30.3. The molecular weight excluding hydrogens is 514 g/mol. The third kappa shape index (κ3) is 4.16. The molecule has 0 spiro atoms. The van der Waals surface area contributed by atoms with E-state index in [-0.39, 0.29) is 53.2 Å². The van der Waals surface area contributed by atoms with Crippen LogP contribution in [0.15, 0.2) is 16.9 Å². The van der Waals surface area contributed by atoms with Gasteiger partial charge in [0, 0.05) is 60.3 Å². The Morgan fingerprint density at radius 1 is 1.26 bits per heavy atom. The van der Waals surface area contributed by atoms with Gasteiger partial charge in [-0.05, 0) is 23.8 Å². The molecule has 1 aromatic heterocycles. The minimum absolute atomic E-state index is 0.0221. The van der Waals surface area contributed by atoms with Crippen molar-refractivity contribution in [2.75, 3.05) is 26.2 Å². The van der Waals surface area contributed by atoms with Crippen molar-refractivity contribution >= 4 is 35.5 Å². The van der Waals surface area contributed by atoms with E-state index in [1.54, 1.807) is 6.92 Å². The van der Waals surface area contributed by atoms with Crippen molar-refractivity contribution in [3.8, 4) is 0 Å². The van der Waals surface area contributed by atoms with E-state index in [1.807, 2.05) is 11.8 Å². The lowest BCUT2D eigenvalue weighted by molar-refractivity contribution is -0.158. The van der Waals surface area contributed by atoms with E-state index in [9.17, 15) is 24.3 Å². The van der Waals surface area contributed by atoms with Crippen molar-refractivity contribution in [1.82, 2.24) is 46.0 Å². The predicted molar refractivity (Wildman–Crippen MR) is 133 cm³/mol. The van der Waals surface area contributed by atoms with Gasteiger partial charge in [0.25, 0.3) is 0 Å².